The highest BCUT2D eigenvalue weighted by Gasteiger charge is 2.48. The maximum absolute atomic E-state index is 13.7. The minimum absolute atomic E-state index is 0.0609. The van der Waals surface area contributed by atoms with E-state index in [9.17, 15) is 14.7 Å². The number of aliphatic hydroxyl groups excluding tert-OH is 1. The van der Waals surface area contributed by atoms with Crippen molar-refractivity contribution in [1.82, 2.24) is 9.80 Å². The monoisotopic (exact) mass is 540 g/mol. The summed E-state index contributed by atoms with van der Waals surface area (Å²) in [4.78, 5) is 31.2. The third kappa shape index (κ3) is 6.96. The lowest BCUT2D eigenvalue weighted by atomic mass is 9.79. The Hall–Kier alpha value is -1.10. The van der Waals surface area contributed by atoms with Crippen LogP contribution >= 0.6 is 0 Å². The highest BCUT2D eigenvalue weighted by Crippen LogP contribution is 2.37. The zero-order chi connectivity index (χ0) is 28.4. The average molecular weight is 541 g/mol. The molecule has 1 saturated carbocycles. The Balaban J connectivity index is 1.93. The highest BCUT2D eigenvalue weighted by atomic mass is 16.7. The lowest BCUT2D eigenvalue weighted by Crippen LogP contribution is -2.57. The van der Waals surface area contributed by atoms with Gasteiger partial charge in [0.25, 0.3) is 0 Å². The molecule has 2 saturated heterocycles. The Kier molecular flexibility index (Phi) is 10.4. The van der Waals surface area contributed by atoms with Crippen molar-refractivity contribution in [1.29, 1.82) is 0 Å². The van der Waals surface area contributed by atoms with Crippen LogP contribution < -0.4 is 0 Å². The Morgan fingerprint density at radius 1 is 1.13 bits per heavy atom. The number of rotatable bonds is 5. The molecule has 3 fully saturated rings. The van der Waals surface area contributed by atoms with Crippen LogP contribution in [0.2, 0.25) is 0 Å². The molecular weight excluding hydrogens is 488 g/mol. The number of ketones is 1. The van der Waals surface area contributed by atoms with Gasteiger partial charge in [-0.3, -0.25) is 14.5 Å². The number of methoxy groups -OCH3 is 1. The topological polar surface area (TPSA) is 97.8 Å². The Morgan fingerprint density at radius 2 is 1.79 bits per heavy atom. The molecule has 2 heterocycles. The van der Waals surface area contributed by atoms with E-state index in [4.69, 9.17) is 18.9 Å². The zero-order valence-electron chi connectivity index (χ0n) is 25.1. The third-order valence-corrected chi connectivity index (χ3v) is 9.30. The van der Waals surface area contributed by atoms with Crippen LogP contribution in [0.25, 0.3) is 0 Å². The van der Waals surface area contributed by atoms with E-state index in [0.29, 0.717) is 18.8 Å². The van der Waals surface area contributed by atoms with Gasteiger partial charge in [-0.05, 0) is 86.4 Å². The molecule has 8 atom stereocenters. The standard InChI is InChI=1S/C29H52N2O7/c1-18-15-29(5,35-9)24(38-26-25(33)21(30(6)7)13-19(2)37-26)14-23(32)28(3,4)27(34)36-17-22(31(8)16-18)20-11-10-12-20/h18-22,24-26,33H,10-17H2,1-9H3/t18-,19-,21?,22?,24-,25-,26?,29-/m1/s1. The van der Waals surface area contributed by atoms with Crippen molar-refractivity contribution >= 4 is 11.8 Å². The third-order valence-electron chi connectivity index (χ3n) is 9.30. The van der Waals surface area contributed by atoms with Gasteiger partial charge in [0.2, 0.25) is 0 Å². The van der Waals surface area contributed by atoms with E-state index < -0.39 is 35.5 Å². The van der Waals surface area contributed by atoms with E-state index in [0.717, 1.165) is 19.4 Å². The minimum atomic E-state index is -1.34. The van der Waals surface area contributed by atoms with Gasteiger partial charge in [0, 0.05) is 32.2 Å². The van der Waals surface area contributed by atoms with Crippen LogP contribution in [0.15, 0.2) is 0 Å². The van der Waals surface area contributed by atoms with Crippen LogP contribution in [0, 0.1) is 17.3 Å². The van der Waals surface area contributed by atoms with Crippen molar-refractivity contribution in [2.75, 3.05) is 41.4 Å². The van der Waals surface area contributed by atoms with E-state index in [-0.39, 0.29) is 42.9 Å². The van der Waals surface area contributed by atoms with Crippen molar-refractivity contribution in [3.63, 3.8) is 0 Å². The molecule has 0 bridgehead atoms. The zero-order valence-corrected chi connectivity index (χ0v) is 25.1. The molecule has 0 amide bonds. The predicted molar refractivity (Wildman–Crippen MR) is 145 cm³/mol. The van der Waals surface area contributed by atoms with Crippen LogP contribution in [-0.4, -0.2) is 110 Å². The molecule has 0 aromatic carbocycles. The number of cyclic esters (lactones) is 1. The van der Waals surface area contributed by atoms with Gasteiger partial charge in [0.15, 0.2) is 12.1 Å². The van der Waals surface area contributed by atoms with E-state index >= 15 is 0 Å². The molecule has 1 N–H and O–H groups in total. The number of carbonyl (C=O) groups excluding carboxylic acids is 2. The number of Topliss-reactive ketones (excluding diaryl/α,β-unsaturated/α-hetero) is 1. The van der Waals surface area contributed by atoms with Crippen molar-refractivity contribution in [3.8, 4) is 0 Å². The van der Waals surface area contributed by atoms with Gasteiger partial charge in [-0.1, -0.05) is 13.3 Å². The lowest BCUT2D eigenvalue weighted by Gasteiger charge is -2.45. The first-order valence-corrected chi connectivity index (χ1v) is 14.3. The van der Waals surface area contributed by atoms with Gasteiger partial charge >= 0.3 is 5.97 Å². The molecule has 0 spiro atoms. The molecule has 3 unspecified atom stereocenters. The largest absolute Gasteiger partial charge is 0.463 e. The van der Waals surface area contributed by atoms with Crippen LogP contribution in [-0.2, 0) is 28.5 Å². The number of carbonyl (C=O) groups is 2. The van der Waals surface area contributed by atoms with Crippen LogP contribution in [0.1, 0.15) is 73.1 Å². The summed E-state index contributed by atoms with van der Waals surface area (Å²) in [6.07, 6.45) is 2.01. The molecular formula is C29H52N2O7. The molecule has 0 radical (unpaired) electrons. The lowest BCUT2D eigenvalue weighted by molar-refractivity contribution is -0.289. The van der Waals surface area contributed by atoms with Gasteiger partial charge in [0.1, 0.15) is 18.1 Å². The minimum Gasteiger partial charge on any atom is -0.463 e. The number of ether oxygens (including phenoxy) is 4. The number of hydrogen-bond donors (Lipinski definition) is 1. The van der Waals surface area contributed by atoms with E-state index in [1.165, 1.54) is 6.42 Å². The van der Waals surface area contributed by atoms with Crippen molar-refractivity contribution in [2.45, 2.75) is 115 Å². The number of nitrogens with zero attached hydrogens (tertiary/aromatic N) is 2. The first kappa shape index (κ1) is 31.4. The van der Waals surface area contributed by atoms with Gasteiger partial charge in [-0.25, -0.2) is 0 Å². The Morgan fingerprint density at radius 3 is 2.34 bits per heavy atom. The van der Waals surface area contributed by atoms with E-state index in [1.807, 2.05) is 32.8 Å². The fourth-order valence-corrected chi connectivity index (χ4v) is 6.28. The van der Waals surface area contributed by atoms with Gasteiger partial charge in [-0.15, -0.1) is 0 Å². The second-order valence-corrected chi connectivity index (χ2v) is 13.1. The van der Waals surface area contributed by atoms with Crippen LogP contribution in [0.5, 0.6) is 0 Å². The second-order valence-electron chi connectivity index (χ2n) is 13.1. The van der Waals surface area contributed by atoms with Crippen LogP contribution in [0.4, 0.5) is 0 Å². The second kappa shape index (κ2) is 12.6. The molecule has 0 aromatic rings. The maximum atomic E-state index is 13.7. The summed E-state index contributed by atoms with van der Waals surface area (Å²) in [6.45, 7) is 10.4. The van der Waals surface area contributed by atoms with Crippen molar-refractivity contribution in [2.24, 2.45) is 17.3 Å². The quantitative estimate of drug-likeness (QED) is 0.417. The van der Waals surface area contributed by atoms with Gasteiger partial charge < -0.3 is 29.0 Å². The van der Waals surface area contributed by atoms with Crippen molar-refractivity contribution < 1.29 is 33.6 Å². The summed E-state index contributed by atoms with van der Waals surface area (Å²) in [7, 11) is 7.58. The fourth-order valence-electron chi connectivity index (χ4n) is 6.28. The first-order valence-electron chi connectivity index (χ1n) is 14.3. The summed E-state index contributed by atoms with van der Waals surface area (Å²) in [6, 6.07) is -0.0247. The Labute approximate surface area is 229 Å². The summed E-state index contributed by atoms with van der Waals surface area (Å²) in [5, 5.41) is 11.1. The van der Waals surface area contributed by atoms with Gasteiger partial charge in [0.05, 0.1) is 17.8 Å². The molecule has 9 heteroatoms. The maximum Gasteiger partial charge on any atom is 0.319 e. The molecule has 38 heavy (non-hydrogen) atoms. The molecule has 1 aliphatic carbocycles. The van der Waals surface area contributed by atoms with E-state index in [2.05, 4.69) is 18.9 Å². The average Bonchev–Trinajstić information content (AvgIpc) is 2.80. The summed E-state index contributed by atoms with van der Waals surface area (Å²) in [5.74, 6) is -0.0893. The molecule has 220 valence electrons. The Bertz CT molecular complexity index is 817. The highest BCUT2D eigenvalue weighted by molar-refractivity contribution is 6.03. The number of hydrogen-bond acceptors (Lipinski definition) is 9. The van der Waals surface area contributed by atoms with Crippen molar-refractivity contribution in [3.05, 3.63) is 0 Å². The summed E-state index contributed by atoms with van der Waals surface area (Å²) >= 11 is 0. The van der Waals surface area contributed by atoms with Gasteiger partial charge in [-0.2, -0.15) is 0 Å². The predicted octanol–water partition coefficient (Wildman–Crippen LogP) is 2.87. The smallest absolute Gasteiger partial charge is 0.319 e. The normalized spacial score (nSPS) is 40.6. The van der Waals surface area contributed by atoms with E-state index in [1.54, 1.807) is 21.0 Å². The molecule has 3 rings (SSSR count). The molecule has 0 aromatic heterocycles. The molecule has 9 nitrogen and oxygen atoms in total. The van der Waals surface area contributed by atoms with Crippen LogP contribution in [0.3, 0.4) is 0 Å². The summed E-state index contributed by atoms with van der Waals surface area (Å²) < 4.78 is 24.5. The molecule has 2 aliphatic heterocycles. The number of likely N-dealkylation sites (N-methyl/N-ethyl adjacent to an activating group) is 2. The summed E-state index contributed by atoms with van der Waals surface area (Å²) in [5.41, 5.74) is -2.20. The SMILES string of the molecule is CO[C@]1(C)C[C@@H](C)CN(C)C(C2CCC2)COC(=O)C(C)(C)C(=O)C[C@H]1OC1O[C@H](C)CC(N(C)C)[C@H]1O. The number of esters is 1. The first-order chi connectivity index (χ1) is 17.7. The number of aliphatic hydroxyl groups is 1. The fraction of sp³-hybridized carbons (Fsp3) is 0.931. The molecule has 3 aliphatic rings.